The predicted molar refractivity (Wildman–Crippen MR) is 82.9 cm³/mol. The van der Waals surface area contributed by atoms with Gasteiger partial charge in [-0.05, 0) is 29.8 Å². The van der Waals surface area contributed by atoms with Crippen molar-refractivity contribution in [1.82, 2.24) is 9.97 Å². The molecule has 100 valence electrons. The number of hydrogen-bond donors (Lipinski definition) is 0. The van der Waals surface area contributed by atoms with Crippen LogP contribution in [0.15, 0.2) is 51.6 Å². The van der Waals surface area contributed by atoms with Crippen LogP contribution in [-0.2, 0) is 0 Å². The van der Waals surface area contributed by atoms with Crippen LogP contribution in [0.1, 0.15) is 0 Å². The maximum atomic E-state index is 6.24. The first-order chi connectivity index (χ1) is 9.65. The fraction of sp³-hybridized carbons (Fsp3) is 0. The molecular weight excluding hydrogens is 363 g/mol. The third-order valence-corrected chi connectivity index (χ3v) is 3.77. The SMILES string of the molecule is Clc1nc(-c2ccco2)nc(Cl)c1-c1ccc(Br)cc1. The Hall–Kier alpha value is -1.36. The van der Waals surface area contributed by atoms with Crippen LogP contribution in [0.4, 0.5) is 0 Å². The molecule has 0 unspecified atom stereocenters. The van der Waals surface area contributed by atoms with Gasteiger partial charge < -0.3 is 4.42 Å². The van der Waals surface area contributed by atoms with E-state index in [1.807, 2.05) is 24.3 Å². The van der Waals surface area contributed by atoms with E-state index in [4.69, 9.17) is 27.6 Å². The summed E-state index contributed by atoms with van der Waals surface area (Å²) in [5, 5.41) is 0.581. The van der Waals surface area contributed by atoms with Crippen LogP contribution in [0.25, 0.3) is 22.7 Å². The Morgan fingerprint density at radius 2 is 1.60 bits per heavy atom. The van der Waals surface area contributed by atoms with Gasteiger partial charge in [0.05, 0.1) is 11.8 Å². The summed E-state index contributed by atoms with van der Waals surface area (Å²) in [6.45, 7) is 0. The topological polar surface area (TPSA) is 38.9 Å². The fourth-order valence-electron chi connectivity index (χ4n) is 1.78. The molecule has 0 saturated heterocycles. The fourth-order valence-corrected chi connectivity index (χ4v) is 2.65. The lowest BCUT2D eigenvalue weighted by Gasteiger charge is -2.07. The molecule has 0 amide bonds. The lowest BCUT2D eigenvalue weighted by atomic mass is 10.1. The van der Waals surface area contributed by atoms with Crippen molar-refractivity contribution >= 4 is 39.1 Å². The highest BCUT2D eigenvalue weighted by molar-refractivity contribution is 9.10. The molecule has 2 heterocycles. The Bertz CT molecular complexity index is 719. The van der Waals surface area contributed by atoms with E-state index >= 15 is 0 Å². The molecule has 0 N–H and O–H groups in total. The lowest BCUT2D eigenvalue weighted by molar-refractivity contribution is 0.577. The highest BCUT2D eigenvalue weighted by Crippen LogP contribution is 2.34. The van der Waals surface area contributed by atoms with E-state index in [1.54, 1.807) is 18.4 Å². The average Bonchev–Trinajstić information content (AvgIpc) is 2.94. The summed E-state index contributed by atoms with van der Waals surface area (Å²) in [7, 11) is 0. The van der Waals surface area contributed by atoms with Gasteiger partial charge in [-0.25, -0.2) is 9.97 Å². The molecule has 0 saturated carbocycles. The highest BCUT2D eigenvalue weighted by atomic mass is 79.9. The van der Waals surface area contributed by atoms with Gasteiger partial charge in [0.1, 0.15) is 10.3 Å². The Morgan fingerprint density at radius 1 is 0.950 bits per heavy atom. The molecule has 0 spiro atoms. The van der Waals surface area contributed by atoms with Crippen LogP contribution in [0.2, 0.25) is 10.3 Å². The van der Waals surface area contributed by atoms with Crippen LogP contribution in [-0.4, -0.2) is 9.97 Å². The first-order valence-corrected chi connectivity index (χ1v) is 7.23. The van der Waals surface area contributed by atoms with Gasteiger partial charge in [-0.15, -0.1) is 0 Å². The molecule has 0 radical (unpaired) electrons. The number of rotatable bonds is 2. The summed E-state index contributed by atoms with van der Waals surface area (Å²) < 4.78 is 6.22. The summed E-state index contributed by atoms with van der Waals surface area (Å²) in [6, 6.07) is 11.1. The quantitative estimate of drug-likeness (QED) is 0.562. The molecule has 0 bridgehead atoms. The van der Waals surface area contributed by atoms with E-state index in [0.717, 1.165) is 10.0 Å². The van der Waals surface area contributed by atoms with E-state index in [2.05, 4.69) is 25.9 Å². The van der Waals surface area contributed by atoms with Crippen molar-refractivity contribution < 1.29 is 4.42 Å². The van der Waals surface area contributed by atoms with Crippen LogP contribution < -0.4 is 0 Å². The number of halogens is 3. The third-order valence-electron chi connectivity index (χ3n) is 2.70. The molecule has 3 nitrogen and oxygen atoms in total. The minimum Gasteiger partial charge on any atom is -0.461 e. The number of furan rings is 1. The van der Waals surface area contributed by atoms with Gasteiger partial charge >= 0.3 is 0 Å². The predicted octanol–water partition coefficient (Wildman–Crippen LogP) is 5.47. The van der Waals surface area contributed by atoms with Gasteiger partial charge in [-0.3, -0.25) is 0 Å². The number of aromatic nitrogens is 2. The lowest BCUT2D eigenvalue weighted by Crippen LogP contribution is -1.93. The molecule has 0 atom stereocenters. The van der Waals surface area contributed by atoms with Crippen molar-refractivity contribution in [3.8, 4) is 22.7 Å². The summed E-state index contributed by atoms with van der Waals surface area (Å²) >= 11 is 15.9. The minimum absolute atomic E-state index is 0.290. The van der Waals surface area contributed by atoms with Crippen molar-refractivity contribution in [1.29, 1.82) is 0 Å². The molecule has 20 heavy (non-hydrogen) atoms. The first kappa shape index (κ1) is 13.6. The summed E-state index contributed by atoms with van der Waals surface area (Å²) in [6.07, 6.45) is 1.54. The summed E-state index contributed by atoms with van der Waals surface area (Å²) in [4.78, 5) is 8.48. The van der Waals surface area contributed by atoms with Crippen LogP contribution in [0.3, 0.4) is 0 Å². The van der Waals surface area contributed by atoms with Crippen molar-refractivity contribution in [3.63, 3.8) is 0 Å². The minimum atomic E-state index is 0.290. The van der Waals surface area contributed by atoms with Crippen molar-refractivity contribution in [2.24, 2.45) is 0 Å². The molecular formula is C14H7BrCl2N2O. The van der Waals surface area contributed by atoms with Gasteiger partial charge in [0, 0.05) is 4.47 Å². The molecule has 3 aromatic rings. The molecule has 1 aromatic carbocycles. The van der Waals surface area contributed by atoms with Crippen molar-refractivity contribution in [3.05, 3.63) is 57.4 Å². The van der Waals surface area contributed by atoms with Crippen LogP contribution in [0.5, 0.6) is 0 Å². The zero-order valence-corrected chi connectivity index (χ0v) is 13.1. The van der Waals surface area contributed by atoms with Gasteiger partial charge in [0.25, 0.3) is 0 Å². The second-order valence-corrected chi connectivity index (χ2v) is 5.62. The van der Waals surface area contributed by atoms with E-state index in [-0.39, 0.29) is 0 Å². The molecule has 0 fully saturated rings. The van der Waals surface area contributed by atoms with E-state index in [1.165, 1.54) is 0 Å². The zero-order valence-electron chi connectivity index (χ0n) is 9.98. The first-order valence-electron chi connectivity index (χ1n) is 5.68. The Morgan fingerprint density at radius 3 is 2.15 bits per heavy atom. The standard InChI is InChI=1S/C14H7BrCl2N2O/c15-9-5-3-8(4-6-9)11-12(16)18-14(19-13(11)17)10-2-1-7-20-10/h1-7H. The normalized spacial score (nSPS) is 10.8. The highest BCUT2D eigenvalue weighted by Gasteiger charge is 2.15. The summed E-state index contributed by atoms with van der Waals surface area (Å²) in [5.41, 5.74) is 1.46. The molecule has 2 aromatic heterocycles. The molecule has 0 aliphatic carbocycles. The smallest absolute Gasteiger partial charge is 0.198 e. The zero-order chi connectivity index (χ0) is 14.1. The number of benzene rings is 1. The molecule has 3 rings (SSSR count). The maximum Gasteiger partial charge on any atom is 0.198 e. The largest absolute Gasteiger partial charge is 0.461 e. The van der Waals surface area contributed by atoms with Gasteiger partial charge in [-0.2, -0.15) is 0 Å². The molecule has 0 aliphatic rings. The second-order valence-electron chi connectivity index (χ2n) is 3.99. The van der Waals surface area contributed by atoms with E-state index in [9.17, 15) is 0 Å². The Balaban J connectivity index is 2.11. The van der Waals surface area contributed by atoms with Gasteiger partial charge in [-0.1, -0.05) is 51.3 Å². The second kappa shape index (κ2) is 5.56. The van der Waals surface area contributed by atoms with E-state index in [0.29, 0.717) is 27.5 Å². The third kappa shape index (κ3) is 2.59. The monoisotopic (exact) mass is 368 g/mol. The Kier molecular flexibility index (Phi) is 3.78. The summed E-state index contributed by atoms with van der Waals surface area (Å²) in [5.74, 6) is 0.891. The average molecular weight is 370 g/mol. The van der Waals surface area contributed by atoms with Crippen LogP contribution in [0, 0.1) is 0 Å². The molecule has 6 heteroatoms. The van der Waals surface area contributed by atoms with Crippen molar-refractivity contribution in [2.75, 3.05) is 0 Å². The number of nitrogens with zero attached hydrogens (tertiary/aromatic N) is 2. The van der Waals surface area contributed by atoms with Gasteiger partial charge in [0.2, 0.25) is 0 Å². The van der Waals surface area contributed by atoms with Crippen molar-refractivity contribution in [2.45, 2.75) is 0 Å². The Labute approximate surface area is 133 Å². The molecule has 0 aliphatic heterocycles. The maximum absolute atomic E-state index is 6.24. The van der Waals surface area contributed by atoms with Crippen LogP contribution >= 0.6 is 39.1 Å². The number of hydrogen-bond acceptors (Lipinski definition) is 3. The van der Waals surface area contributed by atoms with E-state index < -0.39 is 0 Å². The van der Waals surface area contributed by atoms with Gasteiger partial charge in [0.15, 0.2) is 11.6 Å².